The number of carbonyl (C=O) groups excluding carboxylic acids is 2. The van der Waals surface area contributed by atoms with Gasteiger partial charge < -0.3 is 15.5 Å². The van der Waals surface area contributed by atoms with Crippen molar-refractivity contribution in [3.8, 4) is 0 Å². The minimum atomic E-state index is -0.581. The number of amides is 2. The van der Waals surface area contributed by atoms with Crippen molar-refractivity contribution < 1.29 is 9.59 Å². The van der Waals surface area contributed by atoms with E-state index in [0.717, 1.165) is 5.39 Å². The van der Waals surface area contributed by atoms with E-state index < -0.39 is 6.04 Å². The van der Waals surface area contributed by atoms with Gasteiger partial charge in [0.15, 0.2) is 5.65 Å². The van der Waals surface area contributed by atoms with E-state index in [-0.39, 0.29) is 30.3 Å². The number of aromatic nitrogens is 5. The maximum absolute atomic E-state index is 13.3. The molecule has 2 amide bonds. The fourth-order valence-electron chi connectivity index (χ4n) is 3.96. The summed E-state index contributed by atoms with van der Waals surface area (Å²) in [5, 5.41) is 10.9. The molecule has 0 bridgehead atoms. The number of fused-ring (bicyclic) bond motifs is 1. The lowest BCUT2D eigenvalue weighted by atomic mass is 10.0. The van der Waals surface area contributed by atoms with Crippen LogP contribution in [0.15, 0.2) is 35.3 Å². The van der Waals surface area contributed by atoms with Gasteiger partial charge in [-0.3, -0.25) is 9.59 Å². The van der Waals surface area contributed by atoms with Crippen LogP contribution in [0.4, 0.5) is 11.6 Å². The zero-order chi connectivity index (χ0) is 22.1. The summed E-state index contributed by atoms with van der Waals surface area (Å²) in [7, 11) is 1.76. The molecule has 11 heteroatoms. The van der Waals surface area contributed by atoms with Gasteiger partial charge in [-0.15, -0.1) is 0 Å². The molecule has 10 nitrogen and oxygen atoms in total. The van der Waals surface area contributed by atoms with Crippen LogP contribution in [0.5, 0.6) is 0 Å². The monoisotopic (exact) mass is 486 g/mol. The average Bonchev–Trinajstić information content (AvgIpc) is 3.29. The Kier molecular flexibility index (Phi) is 5.86. The van der Waals surface area contributed by atoms with Gasteiger partial charge in [-0.2, -0.15) is 5.10 Å². The predicted molar refractivity (Wildman–Crippen MR) is 119 cm³/mol. The van der Waals surface area contributed by atoms with E-state index >= 15 is 0 Å². The number of hydrogen-bond donors (Lipinski definition) is 2. The molecule has 0 unspecified atom stereocenters. The second-order valence-corrected chi connectivity index (χ2v) is 8.43. The van der Waals surface area contributed by atoms with Crippen molar-refractivity contribution >= 4 is 50.4 Å². The van der Waals surface area contributed by atoms with Crippen LogP contribution in [-0.2, 0) is 16.1 Å². The summed E-state index contributed by atoms with van der Waals surface area (Å²) in [6.45, 7) is 4.00. The zero-order valence-electron chi connectivity index (χ0n) is 17.4. The summed E-state index contributed by atoms with van der Waals surface area (Å²) in [6.07, 6.45) is 3.64. The first-order valence-electron chi connectivity index (χ1n) is 9.98. The van der Waals surface area contributed by atoms with Crippen LogP contribution in [0.1, 0.15) is 20.3 Å². The lowest BCUT2D eigenvalue weighted by Crippen LogP contribution is -2.47. The molecule has 1 aliphatic heterocycles. The molecule has 3 aromatic rings. The van der Waals surface area contributed by atoms with Crippen LogP contribution >= 0.6 is 15.9 Å². The molecule has 1 saturated heterocycles. The minimum absolute atomic E-state index is 0.0142. The van der Waals surface area contributed by atoms with Gasteiger partial charge in [-0.05, 0) is 47.3 Å². The van der Waals surface area contributed by atoms with Gasteiger partial charge >= 0.3 is 0 Å². The molecule has 0 aromatic carbocycles. The summed E-state index contributed by atoms with van der Waals surface area (Å²) in [4.78, 5) is 40.7. The van der Waals surface area contributed by atoms with Gasteiger partial charge in [-0.1, -0.05) is 13.0 Å². The normalized spacial score (nSPS) is 20.8. The van der Waals surface area contributed by atoms with Crippen molar-refractivity contribution in [2.75, 3.05) is 17.7 Å². The Morgan fingerprint density at radius 2 is 2.06 bits per heavy atom. The third kappa shape index (κ3) is 4.09. The molecule has 0 radical (unpaired) electrons. The standard InChI is InChI=1S/C20H23BrN8O2/c1-11-7-14(20(31)27-16-6-4-5-15(21)26-16)29(12(11)2)17(30)9-28-19-13(8-25-28)18(22-3)23-10-24-19/h4-6,8,10-12,14H,7,9H2,1-3H3,(H,22,23,24)(H,26,27,31)/t11-,12-,14+/m1/s1. The van der Waals surface area contributed by atoms with E-state index in [1.54, 1.807) is 41.0 Å². The van der Waals surface area contributed by atoms with Gasteiger partial charge in [0.2, 0.25) is 11.8 Å². The van der Waals surface area contributed by atoms with Gasteiger partial charge in [0.1, 0.15) is 35.2 Å². The number of likely N-dealkylation sites (tertiary alicyclic amines) is 1. The lowest BCUT2D eigenvalue weighted by Gasteiger charge is -2.28. The van der Waals surface area contributed by atoms with Crippen molar-refractivity contribution in [2.24, 2.45) is 5.92 Å². The Bertz CT molecular complexity index is 1130. The Labute approximate surface area is 187 Å². The third-order valence-corrected chi connectivity index (χ3v) is 6.15. The van der Waals surface area contributed by atoms with E-state index in [1.807, 2.05) is 13.8 Å². The predicted octanol–water partition coefficient (Wildman–Crippen LogP) is 2.29. The van der Waals surface area contributed by atoms with Crippen LogP contribution in [0.3, 0.4) is 0 Å². The molecular weight excluding hydrogens is 464 g/mol. The molecule has 1 aliphatic rings. The highest BCUT2D eigenvalue weighted by molar-refractivity contribution is 9.10. The van der Waals surface area contributed by atoms with Crippen LogP contribution in [-0.4, -0.2) is 60.6 Å². The summed E-state index contributed by atoms with van der Waals surface area (Å²) in [6, 6.07) is 4.62. The van der Waals surface area contributed by atoms with Crippen molar-refractivity contribution in [1.29, 1.82) is 0 Å². The molecule has 4 heterocycles. The Morgan fingerprint density at radius 1 is 1.26 bits per heavy atom. The smallest absolute Gasteiger partial charge is 0.248 e. The Hall–Kier alpha value is -3.08. The van der Waals surface area contributed by atoms with Gasteiger partial charge in [0.25, 0.3) is 0 Å². The second kappa shape index (κ2) is 8.58. The van der Waals surface area contributed by atoms with Crippen molar-refractivity contribution in [3.05, 3.63) is 35.3 Å². The van der Waals surface area contributed by atoms with Gasteiger partial charge in [-0.25, -0.2) is 19.6 Å². The maximum Gasteiger partial charge on any atom is 0.248 e. The molecule has 4 rings (SSSR count). The van der Waals surface area contributed by atoms with E-state index in [1.165, 1.54) is 6.33 Å². The molecule has 0 aliphatic carbocycles. The number of carbonyl (C=O) groups is 2. The molecule has 0 saturated carbocycles. The summed E-state index contributed by atoms with van der Waals surface area (Å²) >= 11 is 3.30. The summed E-state index contributed by atoms with van der Waals surface area (Å²) < 4.78 is 2.17. The maximum atomic E-state index is 13.3. The fraction of sp³-hybridized carbons (Fsp3) is 0.400. The first-order chi connectivity index (χ1) is 14.9. The number of anilines is 2. The average molecular weight is 487 g/mol. The molecule has 3 aromatic heterocycles. The molecule has 162 valence electrons. The van der Waals surface area contributed by atoms with E-state index in [0.29, 0.717) is 28.3 Å². The number of halogens is 1. The first kappa shape index (κ1) is 21.2. The molecule has 3 atom stereocenters. The van der Waals surface area contributed by atoms with E-state index in [9.17, 15) is 9.59 Å². The lowest BCUT2D eigenvalue weighted by molar-refractivity contribution is -0.139. The molecule has 0 spiro atoms. The third-order valence-electron chi connectivity index (χ3n) is 5.71. The highest BCUT2D eigenvalue weighted by Gasteiger charge is 2.43. The molecular formula is C20H23BrN8O2. The molecule has 31 heavy (non-hydrogen) atoms. The fourth-order valence-corrected chi connectivity index (χ4v) is 4.30. The topological polar surface area (TPSA) is 118 Å². The summed E-state index contributed by atoms with van der Waals surface area (Å²) in [5.41, 5.74) is 0.562. The van der Waals surface area contributed by atoms with Crippen molar-refractivity contribution in [1.82, 2.24) is 29.6 Å². The quantitative estimate of drug-likeness (QED) is 0.531. The number of nitrogens with one attached hydrogen (secondary N) is 2. The number of pyridine rings is 1. The number of hydrogen-bond acceptors (Lipinski definition) is 7. The second-order valence-electron chi connectivity index (χ2n) is 7.62. The van der Waals surface area contributed by atoms with Gasteiger partial charge in [0, 0.05) is 13.1 Å². The molecule has 1 fully saturated rings. The van der Waals surface area contributed by atoms with Crippen LogP contribution in [0.2, 0.25) is 0 Å². The highest BCUT2D eigenvalue weighted by atomic mass is 79.9. The van der Waals surface area contributed by atoms with E-state index in [4.69, 9.17) is 0 Å². The van der Waals surface area contributed by atoms with Crippen LogP contribution in [0, 0.1) is 5.92 Å². The molecule has 2 N–H and O–H groups in total. The number of nitrogens with zero attached hydrogens (tertiary/aromatic N) is 6. The van der Waals surface area contributed by atoms with Crippen molar-refractivity contribution in [2.45, 2.75) is 38.9 Å². The van der Waals surface area contributed by atoms with Crippen LogP contribution in [0.25, 0.3) is 11.0 Å². The van der Waals surface area contributed by atoms with Crippen molar-refractivity contribution in [3.63, 3.8) is 0 Å². The number of rotatable bonds is 5. The first-order valence-corrected chi connectivity index (χ1v) is 10.8. The largest absolute Gasteiger partial charge is 0.372 e. The van der Waals surface area contributed by atoms with Crippen LogP contribution < -0.4 is 10.6 Å². The highest BCUT2D eigenvalue weighted by Crippen LogP contribution is 2.31. The Morgan fingerprint density at radius 3 is 2.81 bits per heavy atom. The summed E-state index contributed by atoms with van der Waals surface area (Å²) in [5.74, 6) is 0.829. The van der Waals surface area contributed by atoms with Gasteiger partial charge in [0.05, 0.1) is 11.6 Å². The SMILES string of the molecule is CNc1ncnc2c1cnn2CC(=O)N1[C@H](C)[C@H](C)C[C@H]1C(=O)Nc1cccc(Br)n1. The van der Waals surface area contributed by atoms with E-state index in [2.05, 4.69) is 46.6 Å². The zero-order valence-corrected chi connectivity index (χ0v) is 19.0. The Balaban J connectivity index is 1.56. The minimum Gasteiger partial charge on any atom is -0.372 e.